The summed E-state index contributed by atoms with van der Waals surface area (Å²) in [6.07, 6.45) is 2.22. The second kappa shape index (κ2) is 4.61. The predicted octanol–water partition coefficient (Wildman–Crippen LogP) is 3.03. The molecule has 4 nitrogen and oxygen atoms in total. The van der Waals surface area contributed by atoms with E-state index in [0.717, 1.165) is 0 Å². The van der Waals surface area contributed by atoms with E-state index in [2.05, 4.69) is 24.3 Å². The minimum atomic E-state index is -0.138. The Bertz CT molecular complexity index is 715. The van der Waals surface area contributed by atoms with Gasteiger partial charge in [0.05, 0.1) is 37.4 Å². The van der Waals surface area contributed by atoms with E-state index in [1.54, 1.807) is 0 Å². The molecule has 0 aromatic heterocycles. The highest BCUT2D eigenvalue weighted by atomic mass is 16.5. The summed E-state index contributed by atoms with van der Waals surface area (Å²) in [5.74, 6) is 2.76. The molecule has 6 rings (SSSR count). The van der Waals surface area contributed by atoms with E-state index >= 15 is 0 Å². The van der Waals surface area contributed by atoms with E-state index in [1.807, 2.05) is 6.92 Å². The van der Waals surface area contributed by atoms with Crippen LogP contribution in [0.3, 0.4) is 0 Å². The van der Waals surface area contributed by atoms with Crippen LogP contribution in [0.15, 0.2) is 24.3 Å². The van der Waals surface area contributed by atoms with Crippen LogP contribution < -0.4 is 0 Å². The molecule has 9 atom stereocenters. The molecule has 2 saturated heterocycles. The number of carbonyl (C=O) groups excluding carboxylic acids is 1. The Morgan fingerprint density at radius 1 is 1.08 bits per heavy atom. The van der Waals surface area contributed by atoms with E-state index in [1.165, 1.54) is 17.5 Å². The number of rotatable bonds is 3. The highest BCUT2D eigenvalue weighted by molar-refractivity contribution is 5.70. The van der Waals surface area contributed by atoms with E-state index in [4.69, 9.17) is 14.2 Å². The zero-order valence-corrected chi connectivity index (χ0v) is 13.8. The van der Waals surface area contributed by atoms with Gasteiger partial charge < -0.3 is 14.2 Å². The summed E-state index contributed by atoms with van der Waals surface area (Å²) in [4.78, 5) is 12.1. The fraction of sp³-hybridized carbons (Fsp3) is 0.650. The quantitative estimate of drug-likeness (QED) is 0.801. The number of fused-ring (bicyclic) bond motifs is 4. The summed E-state index contributed by atoms with van der Waals surface area (Å²) >= 11 is 0. The Hall–Kier alpha value is -1.39. The molecule has 24 heavy (non-hydrogen) atoms. The molecule has 1 aromatic carbocycles. The van der Waals surface area contributed by atoms with Crippen molar-refractivity contribution < 1.29 is 19.0 Å². The van der Waals surface area contributed by atoms with Crippen molar-refractivity contribution in [2.24, 2.45) is 29.6 Å². The molecule has 2 aliphatic heterocycles. The summed E-state index contributed by atoms with van der Waals surface area (Å²) in [5.41, 5.74) is 2.62. The van der Waals surface area contributed by atoms with Gasteiger partial charge >= 0.3 is 5.97 Å². The first-order valence-electron chi connectivity index (χ1n) is 9.33. The van der Waals surface area contributed by atoms with Gasteiger partial charge in [-0.2, -0.15) is 0 Å². The number of hydrogen-bond acceptors (Lipinski definition) is 4. The van der Waals surface area contributed by atoms with Gasteiger partial charge in [0.25, 0.3) is 0 Å². The lowest BCUT2D eigenvalue weighted by Crippen LogP contribution is -2.50. The van der Waals surface area contributed by atoms with Crippen molar-refractivity contribution in [2.75, 3.05) is 6.61 Å². The van der Waals surface area contributed by atoms with Crippen molar-refractivity contribution in [2.45, 2.75) is 44.2 Å². The van der Waals surface area contributed by atoms with Gasteiger partial charge in [-0.1, -0.05) is 24.3 Å². The number of benzene rings is 1. The van der Waals surface area contributed by atoms with Crippen LogP contribution >= 0.6 is 0 Å². The Morgan fingerprint density at radius 3 is 2.54 bits per heavy atom. The number of esters is 1. The molecule has 126 valence electrons. The molecule has 5 aliphatic rings. The maximum atomic E-state index is 12.1. The Balaban J connectivity index is 1.44. The molecule has 0 amide bonds. The van der Waals surface area contributed by atoms with Crippen LogP contribution in [0.4, 0.5) is 0 Å². The third kappa shape index (κ3) is 1.50. The molecule has 0 unspecified atom stereocenters. The van der Waals surface area contributed by atoms with Gasteiger partial charge in [-0.25, -0.2) is 0 Å². The fourth-order valence-electron chi connectivity index (χ4n) is 6.82. The highest BCUT2D eigenvalue weighted by Crippen LogP contribution is 2.73. The number of hydrogen-bond donors (Lipinski definition) is 0. The summed E-state index contributed by atoms with van der Waals surface area (Å²) in [7, 11) is 0. The average molecular weight is 326 g/mol. The van der Waals surface area contributed by atoms with Crippen molar-refractivity contribution in [1.82, 2.24) is 0 Å². The molecule has 4 fully saturated rings. The first kappa shape index (κ1) is 13.9. The maximum Gasteiger partial charge on any atom is 0.308 e. The van der Waals surface area contributed by atoms with Gasteiger partial charge in [-0.05, 0) is 42.2 Å². The zero-order chi connectivity index (χ0) is 16.0. The van der Waals surface area contributed by atoms with Crippen molar-refractivity contribution in [3.63, 3.8) is 0 Å². The molecule has 4 heteroatoms. The van der Waals surface area contributed by atoms with E-state index in [-0.39, 0.29) is 30.4 Å². The standard InChI is InChI=1S/C20H22O4/c1-2-22-14(21)8-13-15-11-7-12-17-16(11)18(23-13)9-5-3-4-6-10(9)19(17)24-20(12)15/h3-6,11-13,15-20H,2,7-8H2,1H3/t11-,12-,13-,15-,16+,17-,18-,19+,20+/m1/s1. The highest BCUT2D eigenvalue weighted by Gasteiger charge is 2.72. The topological polar surface area (TPSA) is 44.8 Å². The first-order chi connectivity index (χ1) is 11.8. The molecular formula is C20H22O4. The van der Waals surface area contributed by atoms with Crippen molar-refractivity contribution in [1.29, 1.82) is 0 Å². The van der Waals surface area contributed by atoms with Crippen molar-refractivity contribution in [3.05, 3.63) is 35.4 Å². The normalized spacial score (nSPS) is 48.6. The van der Waals surface area contributed by atoms with Gasteiger partial charge in [0.15, 0.2) is 0 Å². The lowest BCUT2D eigenvalue weighted by molar-refractivity contribution is -0.179. The summed E-state index contributed by atoms with van der Waals surface area (Å²) in [5, 5.41) is 0. The summed E-state index contributed by atoms with van der Waals surface area (Å²) in [6, 6.07) is 8.62. The van der Waals surface area contributed by atoms with Crippen molar-refractivity contribution in [3.8, 4) is 0 Å². The fourth-order valence-corrected chi connectivity index (χ4v) is 6.82. The summed E-state index contributed by atoms with van der Waals surface area (Å²) < 4.78 is 18.4. The maximum absolute atomic E-state index is 12.1. The van der Waals surface area contributed by atoms with E-state index in [0.29, 0.717) is 42.6 Å². The Kier molecular flexibility index (Phi) is 2.66. The van der Waals surface area contributed by atoms with Crippen LogP contribution in [-0.2, 0) is 19.0 Å². The third-order valence-corrected chi connectivity index (χ3v) is 7.31. The van der Waals surface area contributed by atoms with Crippen LogP contribution in [0.5, 0.6) is 0 Å². The monoisotopic (exact) mass is 326 g/mol. The smallest absolute Gasteiger partial charge is 0.308 e. The largest absolute Gasteiger partial charge is 0.466 e. The van der Waals surface area contributed by atoms with Crippen LogP contribution in [0.2, 0.25) is 0 Å². The Morgan fingerprint density at radius 2 is 1.79 bits per heavy atom. The van der Waals surface area contributed by atoms with Gasteiger partial charge in [0, 0.05) is 11.8 Å². The third-order valence-electron chi connectivity index (χ3n) is 7.31. The molecule has 0 N–H and O–H groups in total. The SMILES string of the molecule is CCOC(=O)C[C@H]1O[C@@H]2c3ccccc3[C@@H]3O[C@H]4[C@@H]5C[C@@H]([C@H]2[C@@H]53)[C@@H]41. The minimum absolute atomic E-state index is 0.0591. The van der Waals surface area contributed by atoms with E-state index in [9.17, 15) is 4.79 Å². The number of carbonyl (C=O) groups is 1. The van der Waals surface area contributed by atoms with E-state index < -0.39 is 0 Å². The van der Waals surface area contributed by atoms with Gasteiger partial charge in [-0.3, -0.25) is 4.79 Å². The molecule has 2 saturated carbocycles. The molecule has 2 bridgehead atoms. The molecular weight excluding hydrogens is 304 g/mol. The van der Waals surface area contributed by atoms with Crippen LogP contribution in [0, 0.1) is 29.6 Å². The van der Waals surface area contributed by atoms with Crippen LogP contribution in [0.1, 0.15) is 43.1 Å². The molecule has 3 aliphatic carbocycles. The molecule has 0 radical (unpaired) electrons. The molecule has 1 aromatic rings. The second-order valence-electron chi connectivity index (χ2n) is 8.05. The molecule has 2 heterocycles. The van der Waals surface area contributed by atoms with Gasteiger partial charge in [-0.15, -0.1) is 0 Å². The number of ether oxygens (including phenoxy) is 3. The summed E-state index contributed by atoms with van der Waals surface area (Å²) in [6.45, 7) is 2.29. The minimum Gasteiger partial charge on any atom is -0.466 e. The average Bonchev–Trinajstić information content (AvgIpc) is 3.22. The Labute approximate surface area is 141 Å². The van der Waals surface area contributed by atoms with Crippen LogP contribution in [-0.4, -0.2) is 24.8 Å². The van der Waals surface area contributed by atoms with Gasteiger partial charge in [0.2, 0.25) is 0 Å². The second-order valence-corrected chi connectivity index (χ2v) is 8.05. The van der Waals surface area contributed by atoms with Gasteiger partial charge in [0.1, 0.15) is 0 Å². The van der Waals surface area contributed by atoms with Crippen molar-refractivity contribution >= 4 is 5.97 Å². The van der Waals surface area contributed by atoms with Crippen LogP contribution in [0.25, 0.3) is 0 Å². The lowest BCUT2D eigenvalue weighted by atomic mass is 9.61. The first-order valence-corrected chi connectivity index (χ1v) is 9.33. The predicted molar refractivity (Wildman–Crippen MR) is 85.0 cm³/mol. The molecule has 0 spiro atoms. The lowest BCUT2D eigenvalue weighted by Gasteiger charge is -2.50. The zero-order valence-electron chi connectivity index (χ0n) is 13.8.